The topological polar surface area (TPSA) is 35.8 Å². The maximum atomic E-state index is 13.7. The average Bonchev–Trinajstić information content (AvgIpc) is 2.40. The molecule has 0 aromatic heterocycles. The van der Waals surface area contributed by atoms with Crippen LogP contribution < -0.4 is 5.32 Å². The van der Waals surface area contributed by atoms with E-state index in [0.717, 1.165) is 5.56 Å². The molecule has 0 saturated carbocycles. The number of nitrogens with one attached hydrogen (secondary N) is 1. The van der Waals surface area contributed by atoms with E-state index in [2.05, 4.69) is 5.32 Å². The minimum atomic E-state index is -1.16. The van der Waals surface area contributed by atoms with E-state index in [9.17, 15) is 8.78 Å². The van der Waals surface area contributed by atoms with E-state index in [1.807, 2.05) is 6.92 Å². The second-order valence-corrected chi connectivity index (χ2v) is 4.40. The van der Waals surface area contributed by atoms with E-state index in [1.54, 1.807) is 24.3 Å². The van der Waals surface area contributed by atoms with E-state index in [1.165, 1.54) is 12.1 Å². The van der Waals surface area contributed by atoms with E-state index in [0.29, 0.717) is 10.7 Å². The minimum Gasteiger partial charge on any atom is -0.353 e. The maximum Gasteiger partial charge on any atom is 0.183 e. The highest BCUT2D eigenvalue weighted by Crippen LogP contribution is 2.26. The molecular formula is C14H9ClF2N2. The van der Waals surface area contributed by atoms with Crippen LogP contribution in [0.4, 0.5) is 20.2 Å². The van der Waals surface area contributed by atoms with Crippen LogP contribution in [0.3, 0.4) is 0 Å². The Bertz CT molecular complexity index is 678. The molecule has 0 saturated heterocycles. The van der Waals surface area contributed by atoms with Gasteiger partial charge in [0, 0.05) is 10.7 Å². The Morgan fingerprint density at radius 3 is 2.53 bits per heavy atom. The fourth-order valence-electron chi connectivity index (χ4n) is 1.56. The summed E-state index contributed by atoms with van der Waals surface area (Å²) in [5.74, 6) is -2.25. The van der Waals surface area contributed by atoms with Crippen molar-refractivity contribution in [1.82, 2.24) is 0 Å². The highest BCUT2D eigenvalue weighted by Gasteiger charge is 2.13. The molecule has 2 aromatic rings. The molecular weight excluding hydrogens is 270 g/mol. The smallest absolute Gasteiger partial charge is 0.183 e. The van der Waals surface area contributed by atoms with Crippen LogP contribution in [0.25, 0.3) is 0 Å². The third kappa shape index (κ3) is 2.67. The van der Waals surface area contributed by atoms with Crippen molar-refractivity contribution in [2.75, 3.05) is 5.32 Å². The molecule has 0 aliphatic heterocycles. The van der Waals surface area contributed by atoms with Gasteiger partial charge in [-0.1, -0.05) is 17.7 Å². The second kappa shape index (κ2) is 5.25. The molecule has 0 fully saturated rings. The van der Waals surface area contributed by atoms with E-state index >= 15 is 0 Å². The van der Waals surface area contributed by atoms with Gasteiger partial charge in [-0.2, -0.15) is 5.26 Å². The molecule has 2 nitrogen and oxygen atoms in total. The van der Waals surface area contributed by atoms with Crippen LogP contribution in [0.15, 0.2) is 30.3 Å². The number of nitriles is 1. The van der Waals surface area contributed by atoms with Crippen LogP contribution in [0.2, 0.25) is 5.02 Å². The van der Waals surface area contributed by atoms with E-state index in [-0.39, 0.29) is 11.3 Å². The lowest BCUT2D eigenvalue weighted by molar-refractivity contribution is 0.509. The highest BCUT2D eigenvalue weighted by molar-refractivity contribution is 6.31. The Morgan fingerprint density at radius 1 is 1.16 bits per heavy atom. The molecule has 0 aliphatic carbocycles. The first-order chi connectivity index (χ1) is 9.02. The first-order valence-electron chi connectivity index (χ1n) is 5.44. The van der Waals surface area contributed by atoms with Gasteiger partial charge in [-0.05, 0) is 36.8 Å². The standard InChI is InChI=1S/C14H9ClF2N2/c1-8-2-4-10(6-11(8)15)19-12-5-3-9(7-18)13(16)14(12)17/h2-6,19H,1H3. The van der Waals surface area contributed by atoms with Crippen LogP contribution in [0, 0.1) is 29.9 Å². The SMILES string of the molecule is Cc1ccc(Nc2ccc(C#N)c(F)c2F)cc1Cl. The Balaban J connectivity index is 2.36. The Kier molecular flexibility index (Phi) is 3.68. The number of rotatable bonds is 2. The van der Waals surface area contributed by atoms with Crippen molar-refractivity contribution in [3.8, 4) is 6.07 Å². The van der Waals surface area contributed by atoms with Crippen LogP contribution in [0.1, 0.15) is 11.1 Å². The number of halogens is 3. The zero-order valence-corrected chi connectivity index (χ0v) is 10.7. The fourth-order valence-corrected chi connectivity index (χ4v) is 1.74. The van der Waals surface area contributed by atoms with Gasteiger partial charge < -0.3 is 5.32 Å². The summed E-state index contributed by atoms with van der Waals surface area (Å²) < 4.78 is 27.1. The molecule has 0 unspecified atom stereocenters. The molecule has 0 heterocycles. The lowest BCUT2D eigenvalue weighted by Crippen LogP contribution is -1.98. The van der Waals surface area contributed by atoms with Gasteiger partial charge in [0.15, 0.2) is 11.6 Å². The van der Waals surface area contributed by atoms with Crippen LogP contribution in [-0.4, -0.2) is 0 Å². The van der Waals surface area contributed by atoms with Crippen molar-refractivity contribution in [3.63, 3.8) is 0 Å². The van der Waals surface area contributed by atoms with Crippen molar-refractivity contribution in [1.29, 1.82) is 5.26 Å². The Hall–Kier alpha value is -2.12. The lowest BCUT2D eigenvalue weighted by Gasteiger charge is -2.09. The van der Waals surface area contributed by atoms with Crippen molar-refractivity contribution in [3.05, 3.63) is 58.1 Å². The monoisotopic (exact) mass is 278 g/mol. The van der Waals surface area contributed by atoms with Gasteiger partial charge >= 0.3 is 0 Å². The summed E-state index contributed by atoms with van der Waals surface area (Å²) in [6.07, 6.45) is 0. The molecule has 0 atom stereocenters. The van der Waals surface area contributed by atoms with Gasteiger partial charge in [-0.3, -0.25) is 0 Å². The maximum absolute atomic E-state index is 13.7. The third-order valence-electron chi connectivity index (χ3n) is 2.65. The van der Waals surface area contributed by atoms with Gasteiger partial charge in [-0.25, -0.2) is 8.78 Å². The van der Waals surface area contributed by atoms with Crippen molar-refractivity contribution in [2.24, 2.45) is 0 Å². The fraction of sp³-hybridized carbons (Fsp3) is 0.0714. The molecule has 0 aliphatic rings. The van der Waals surface area contributed by atoms with Crippen LogP contribution in [-0.2, 0) is 0 Å². The number of aryl methyl sites for hydroxylation is 1. The summed E-state index contributed by atoms with van der Waals surface area (Å²) in [6, 6.07) is 9.20. The largest absolute Gasteiger partial charge is 0.353 e. The van der Waals surface area contributed by atoms with Crippen molar-refractivity contribution >= 4 is 23.0 Å². The van der Waals surface area contributed by atoms with Gasteiger partial charge in [0.2, 0.25) is 0 Å². The first kappa shape index (κ1) is 13.3. The summed E-state index contributed by atoms with van der Waals surface area (Å²) in [5, 5.41) is 11.8. The molecule has 0 amide bonds. The van der Waals surface area contributed by atoms with Crippen molar-refractivity contribution < 1.29 is 8.78 Å². The summed E-state index contributed by atoms with van der Waals surface area (Å²) in [7, 11) is 0. The summed E-state index contributed by atoms with van der Waals surface area (Å²) >= 11 is 5.95. The Labute approximate surface area is 114 Å². The quantitative estimate of drug-likeness (QED) is 0.875. The molecule has 96 valence electrons. The predicted octanol–water partition coefficient (Wildman–Crippen LogP) is 4.54. The molecule has 0 bridgehead atoms. The Morgan fingerprint density at radius 2 is 1.89 bits per heavy atom. The van der Waals surface area contributed by atoms with Crippen LogP contribution in [0.5, 0.6) is 0 Å². The van der Waals surface area contributed by atoms with Crippen LogP contribution >= 0.6 is 11.6 Å². The van der Waals surface area contributed by atoms with Gasteiger partial charge in [0.1, 0.15) is 6.07 Å². The normalized spacial score (nSPS) is 10.1. The minimum absolute atomic E-state index is 0.0450. The molecule has 1 N–H and O–H groups in total. The number of nitrogens with zero attached hydrogens (tertiary/aromatic N) is 1. The second-order valence-electron chi connectivity index (χ2n) is 3.99. The summed E-state index contributed by atoms with van der Waals surface area (Å²) in [4.78, 5) is 0. The number of anilines is 2. The average molecular weight is 279 g/mol. The summed E-state index contributed by atoms with van der Waals surface area (Å²) in [6.45, 7) is 1.84. The number of benzene rings is 2. The molecule has 2 rings (SSSR count). The molecule has 2 aromatic carbocycles. The van der Waals surface area contributed by atoms with Gasteiger partial charge in [-0.15, -0.1) is 0 Å². The number of hydrogen-bond acceptors (Lipinski definition) is 2. The molecule has 19 heavy (non-hydrogen) atoms. The van der Waals surface area contributed by atoms with Gasteiger partial charge in [0.25, 0.3) is 0 Å². The molecule has 5 heteroatoms. The number of hydrogen-bond donors (Lipinski definition) is 1. The lowest BCUT2D eigenvalue weighted by atomic mass is 10.1. The summed E-state index contributed by atoms with van der Waals surface area (Å²) in [5.41, 5.74) is 1.05. The third-order valence-corrected chi connectivity index (χ3v) is 3.06. The zero-order valence-electron chi connectivity index (χ0n) is 9.97. The van der Waals surface area contributed by atoms with Crippen molar-refractivity contribution in [2.45, 2.75) is 6.92 Å². The highest BCUT2D eigenvalue weighted by atomic mass is 35.5. The zero-order chi connectivity index (χ0) is 14.0. The predicted molar refractivity (Wildman–Crippen MR) is 70.5 cm³/mol. The van der Waals surface area contributed by atoms with Gasteiger partial charge in [0.05, 0.1) is 11.3 Å². The molecule has 0 radical (unpaired) electrons. The van der Waals surface area contributed by atoms with E-state index in [4.69, 9.17) is 16.9 Å². The van der Waals surface area contributed by atoms with E-state index < -0.39 is 11.6 Å². The first-order valence-corrected chi connectivity index (χ1v) is 5.82. The molecule has 0 spiro atoms.